The monoisotopic (exact) mass is 336 g/mol. The minimum Gasteiger partial charge on any atom is -0.313 e. The molecule has 0 aliphatic carbocycles. The maximum Gasteiger partial charge on any atom is 0.0809 e. The van der Waals surface area contributed by atoms with E-state index < -0.39 is 0 Å². The van der Waals surface area contributed by atoms with Gasteiger partial charge in [-0.15, -0.1) is 11.3 Å². The summed E-state index contributed by atoms with van der Waals surface area (Å²) in [7, 11) is 1.95. The zero-order valence-corrected chi connectivity index (χ0v) is 13.8. The molecule has 2 nitrogen and oxygen atoms in total. The van der Waals surface area contributed by atoms with Gasteiger partial charge >= 0.3 is 0 Å². The lowest BCUT2D eigenvalue weighted by Gasteiger charge is -2.17. The van der Waals surface area contributed by atoms with E-state index in [1.54, 1.807) is 17.4 Å². The van der Waals surface area contributed by atoms with Gasteiger partial charge in [0.2, 0.25) is 0 Å². The predicted molar refractivity (Wildman–Crippen MR) is 91.6 cm³/mol. The first kappa shape index (κ1) is 14.8. The van der Waals surface area contributed by atoms with Crippen molar-refractivity contribution in [3.8, 4) is 0 Å². The lowest BCUT2D eigenvalue weighted by Crippen LogP contribution is -2.19. The fraction of sp³-hybridized carbons (Fsp3) is 0.188. The van der Waals surface area contributed by atoms with Crippen molar-refractivity contribution in [2.24, 2.45) is 0 Å². The van der Waals surface area contributed by atoms with Crippen molar-refractivity contribution >= 4 is 44.8 Å². The molecule has 5 heteroatoms. The number of halogens is 2. The number of pyridine rings is 1. The van der Waals surface area contributed by atoms with Crippen LogP contribution in [0.5, 0.6) is 0 Å². The third-order valence-electron chi connectivity index (χ3n) is 3.53. The highest BCUT2D eigenvalue weighted by molar-refractivity contribution is 7.17. The zero-order valence-electron chi connectivity index (χ0n) is 11.4. The van der Waals surface area contributed by atoms with Crippen LogP contribution >= 0.6 is 34.5 Å². The Labute approximate surface area is 137 Å². The number of likely N-dealkylation sites (N-methyl/N-ethyl adjacent to an activating group) is 1. The van der Waals surface area contributed by atoms with Gasteiger partial charge < -0.3 is 5.32 Å². The van der Waals surface area contributed by atoms with Gasteiger partial charge in [0, 0.05) is 12.2 Å². The largest absolute Gasteiger partial charge is 0.313 e. The number of thiophene rings is 1. The quantitative estimate of drug-likeness (QED) is 0.716. The lowest BCUT2D eigenvalue weighted by atomic mass is 10.00. The standard InChI is InChI=1S/C16H14Cl2N2S/c1-19-14(7-10-3-2-4-12(17)16(10)18)11-8-15-13(20-9-11)5-6-21-15/h2-6,8-9,14,19H,7H2,1H3. The highest BCUT2D eigenvalue weighted by Gasteiger charge is 2.14. The van der Waals surface area contributed by atoms with Crippen LogP contribution in [0.1, 0.15) is 17.2 Å². The van der Waals surface area contributed by atoms with E-state index in [0.717, 1.165) is 23.1 Å². The van der Waals surface area contributed by atoms with Crippen LogP contribution in [0.25, 0.3) is 10.2 Å². The molecule has 1 atom stereocenters. The van der Waals surface area contributed by atoms with Gasteiger partial charge in [0.15, 0.2) is 0 Å². The molecule has 0 aliphatic rings. The lowest BCUT2D eigenvalue weighted by molar-refractivity contribution is 0.591. The van der Waals surface area contributed by atoms with E-state index >= 15 is 0 Å². The third-order valence-corrected chi connectivity index (χ3v) is 5.24. The summed E-state index contributed by atoms with van der Waals surface area (Å²) in [6, 6.07) is 10.1. The number of nitrogens with one attached hydrogen (secondary N) is 1. The molecule has 2 heterocycles. The number of fused-ring (bicyclic) bond motifs is 1. The summed E-state index contributed by atoms with van der Waals surface area (Å²) in [6.45, 7) is 0. The van der Waals surface area contributed by atoms with Crippen LogP contribution in [0.15, 0.2) is 41.9 Å². The van der Waals surface area contributed by atoms with Crippen molar-refractivity contribution in [2.75, 3.05) is 7.05 Å². The topological polar surface area (TPSA) is 24.9 Å². The molecule has 1 unspecified atom stereocenters. The molecule has 21 heavy (non-hydrogen) atoms. The van der Waals surface area contributed by atoms with E-state index in [9.17, 15) is 0 Å². The molecule has 2 aromatic heterocycles. The molecule has 3 rings (SSSR count). The number of hydrogen-bond donors (Lipinski definition) is 1. The van der Waals surface area contributed by atoms with Gasteiger partial charge in [-0.25, -0.2) is 0 Å². The fourth-order valence-electron chi connectivity index (χ4n) is 2.36. The molecule has 0 spiro atoms. The minimum atomic E-state index is 0.153. The molecule has 3 aromatic rings. The first-order valence-corrected chi connectivity index (χ1v) is 8.26. The van der Waals surface area contributed by atoms with E-state index in [-0.39, 0.29) is 6.04 Å². The van der Waals surface area contributed by atoms with Gasteiger partial charge in [0.1, 0.15) is 0 Å². The number of hydrogen-bond acceptors (Lipinski definition) is 3. The van der Waals surface area contributed by atoms with Crippen LogP contribution in [0.4, 0.5) is 0 Å². The van der Waals surface area contributed by atoms with Gasteiger partial charge in [-0.05, 0) is 48.2 Å². The summed E-state index contributed by atoms with van der Waals surface area (Å²) in [5, 5.41) is 6.62. The smallest absolute Gasteiger partial charge is 0.0809 e. The second-order valence-corrected chi connectivity index (χ2v) is 6.56. The summed E-state index contributed by atoms with van der Waals surface area (Å²) in [5.74, 6) is 0. The maximum atomic E-state index is 6.29. The van der Waals surface area contributed by atoms with Crippen molar-refractivity contribution in [3.05, 3.63) is 63.1 Å². The average molecular weight is 337 g/mol. The number of nitrogens with zero attached hydrogens (tertiary/aromatic N) is 1. The molecule has 108 valence electrons. The molecular formula is C16H14Cl2N2S. The van der Waals surface area contributed by atoms with E-state index in [4.69, 9.17) is 23.2 Å². The second-order valence-electron chi connectivity index (χ2n) is 4.83. The van der Waals surface area contributed by atoms with Crippen molar-refractivity contribution in [1.29, 1.82) is 0 Å². The Bertz CT molecular complexity index is 770. The summed E-state index contributed by atoms with van der Waals surface area (Å²) in [4.78, 5) is 4.50. The third kappa shape index (κ3) is 3.06. The van der Waals surface area contributed by atoms with E-state index in [2.05, 4.69) is 21.7 Å². The Morgan fingerprint density at radius 3 is 2.95 bits per heavy atom. The SMILES string of the molecule is CNC(Cc1cccc(Cl)c1Cl)c1cnc2ccsc2c1. The fourth-order valence-corrected chi connectivity index (χ4v) is 3.55. The first-order valence-electron chi connectivity index (χ1n) is 6.62. The molecule has 0 fully saturated rings. The first-order chi connectivity index (χ1) is 10.2. The van der Waals surface area contributed by atoms with Crippen LogP contribution in [-0.2, 0) is 6.42 Å². The molecule has 1 aromatic carbocycles. The molecular weight excluding hydrogens is 323 g/mol. The van der Waals surface area contributed by atoms with Crippen LogP contribution < -0.4 is 5.32 Å². The van der Waals surface area contributed by atoms with Crippen molar-refractivity contribution in [2.45, 2.75) is 12.5 Å². The van der Waals surface area contributed by atoms with Crippen molar-refractivity contribution in [1.82, 2.24) is 10.3 Å². The summed E-state index contributed by atoms with van der Waals surface area (Å²) in [6.07, 6.45) is 2.70. The molecule has 0 amide bonds. The normalized spacial score (nSPS) is 12.7. The highest BCUT2D eigenvalue weighted by atomic mass is 35.5. The summed E-state index contributed by atoms with van der Waals surface area (Å²) in [5.41, 5.74) is 3.23. The summed E-state index contributed by atoms with van der Waals surface area (Å²) < 4.78 is 1.20. The number of aromatic nitrogens is 1. The Balaban J connectivity index is 1.92. The molecule has 0 saturated carbocycles. The van der Waals surface area contributed by atoms with Crippen molar-refractivity contribution in [3.63, 3.8) is 0 Å². The highest BCUT2D eigenvalue weighted by Crippen LogP contribution is 2.30. The zero-order chi connectivity index (χ0) is 14.8. The van der Waals surface area contributed by atoms with Crippen molar-refractivity contribution < 1.29 is 0 Å². The van der Waals surface area contributed by atoms with Gasteiger partial charge in [-0.1, -0.05) is 35.3 Å². The van der Waals surface area contributed by atoms with Gasteiger partial charge in [0.05, 0.1) is 20.3 Å². The number of rotatable bonds is 4. The van der Waals surface area contributed by atoms with Crippen LogP contribution in [0.2, 0.25) is 10.0 Å². The van der Waals surface area contributed by atoms with E-state index in [1.807, 2.05) is 31.4 Å². The van der Waals surface area contributed by atoms with Crippen LogP contribution in [0.3, 0.4) is 0 Å². The molecule has 0 aliphatic heterocycles. The second kappa shape index (κ2) is 6.32. The maximum absolute atomic E-state index is 6.29. The Morgan fingerprint density at radius 1 is 1.29 bits per heavy atom. The van der Waals surface area contributed by atoms with Crippen LogP contribution in [0, 0.1) is 0 Å². The van der Waals surface area contributed by atoms with Gasteiger partial charge in [-0.3, -0.25) is 4.98 Å². The molecule has 0 radical (unpaired) electrons. The number of benzene rings is 1. The van der Waals surface area contributed by atoms with Gasteiger partial charge in [-0.2, -0.15) is 0 Å². The molecule has 0 bridgehead atoms. The van der Waals surface area contributed by atoms with E-state index in [1.165, 1.54) is 4.70 Å². The van der Waals surface area contributed by atoms with Gasteiger partial charge in [0.25, 0.3) is 0 Å². The Kier molecular flexibility index (Phi) is 4.45. The van der Waals surface area contributed by atoms with E-state index in [0.29, 0.717) is 10.0 Å². The van der Waals surface area contributed by atoms with Crippen LogP contribution in [-0.4, -0.2) is 12.0 Å². The molecule has 0 saturated heterocycles. The Hall–Kier alpha value is -1.13. The average Bonchev–Trinajstić information content (AvgIpc) is 2.96. The molecule has 1 N–H and O–H groups in total. The Morgan fingerprint density at radius 2 is 2.14 bits per heavy atom. The predicted octanol–water partition coefficient (Wildman–Crippen LogP) is 5.11. The minimum absolute atomic E-state index is 0.153. The summed E-state index contributed by atoms with van der Waals surface area (Å²) >= 11 is 14.1.